The van der Waals surface area contributed by atoms with Crippen LogP contribution in [0.4, 0.5) is 0 Å². The van der Waals surface area contributed by atoms with Gasteiger partial charge in [0, 0.05) is 12.3 Å². The second kappa shape index (κ2) is 10.6. The van der Waals surface area contributed by atoms with Crippen LogP contribution in [0.25, 0.3) is 0 Å². The van der Waals surface area contributed by atoms with Gasteiger partial charge in [0.1, 0.15) is 5.78 Å². The van der Waals surface area contributed by atoms with Crippen molar-refractivity contribution >= 4 is 5.78 Å². The van der Waals surface area contributed by atoms with Crippen LogP contribution < -0.4 is 0 Å². The van der Waals surface area contributed by atoms with E-state index in [1.165, 1.54) is 55.2 Å². The summed E-state index contributed by atoms with van der Waals surface area (Å²) in [5.74, 6) is 1.20. The molecule has 0 saturated carbocycles. The van der Waals surface area contributed by atoms with Crippen molar-refractivity contribution in [3.05, 3.63) is 34.9 Å². The molecule has 0 aliphatic rings. The minimum atomic E-state index is 0.0947. The Morgan fingerprint density at radius 3 is 1.87 bits per heavy atom. The molecule has 0 heterocycles. The number of benzene rings is 1. The Bertz CT molecular complexity index is 447. The van der Waals surface area contributed by atoms with Gasteiger partial charge >= 0.3 is 0 Å². The molecule has 0 amide bonds. The van der Waals surface area contributed by atoms with Gasteiger partial charge in [-0.25, -0.2) is 0 Å². The van der Waals surface area contributed by atoms with Gasteiger partial charge < -0.3 is 0 Å². The zero-order valence-electron chi connectivity index (χ0n) is 16.0. The molecule has 0 bridgehead atoms. The normalized spacial score (nSPS) is 12.6. The molecule has 130 valence electrons. The topological polar surface area (TPSA) is 17.1 Å². The van der Waals surface area contributed by atoms with Crippen molar-refractivity contribution in [1.82, 2.24) is 0 Å². The molecule has 1 aromatic carbocycles. The second-order valence-electron chi connectivity index (χ2n) is 7.18. The third-order valence-corrected chi connectivity index (χ3v) is 4.88. The number of ketones is 1. The van der Waals surface area contributed by atoms with E-state index < -0.39 is 0 Å². The van der Waals surface area contributed by atoms with E-state index in [-0.39, 0.29) is 5.92 Å². The first kappa shape index (κ1) is 19.9. The molecule has 0 radical (unpaired) electrons. The number of Topliss-reactive ketones (excluding diaryl/α,β-unsaturated/α-hetero) is 1. The molecule has 1 atom stereocenters. The van der Waals surface area contributed by atoms with Crippen LogP contribution in [0.15, 0.2) is 18.2 Å². The smallest absolute Gasteiger partial charge is 0.140 e. The maximum atomic E-state index is 12.6. The first-order valence-corrected chi connectivity index (χ1v) is 9.62. The van der Waals surface area contributed by atoms with E-state index in [2.05, 4.69) is 45.9 Å². The molecule has 1 heteroatoms. The Morgan fingerprint density at radius 1 is 0.913 bits per heavy atom. The molecule has 1 aromatic rings. The van der Waals surface area contributed by atoms with Gasteiger partial charge in [-0.15, -0.1) is 0 Å². The highest BCUT2D eigenvalue weighted by molar-refractivity contribution is 5.85. The lowest BCUT2D eigenvalue weighted by molar-refractivity contribution is -0.120. The van der Waals surface area contributed by atoms with Crippen molar-refractivity contribution in [3.8, 4) is 0 Å². The maximum absolute atomic E-state index is 12.6. The average Bonchev–Trinajstić information content (AvgIpc) is 2.52. The van der Waals surface area contributed by atoms with Gasteiger partial charge in [-0.2, -0.15) is 0 Å². The number of hydrogen-bond acceptors (Lipinski definition) is 1. The largest absolute Gasteiger partial charge is 0.299 e. The van der Waals surface area contributed by atoms with Gasteiger partial charge in [0.25, 0.3) is 0 Å². The summed E-state index contributed by atoms with van der Waals surface area (Å²) in [5.41, 5.74) is 3.78. The van der Waals surface area contributed by atoms with E-state index in [1.807, 2.05) is 6.92 Å². The van der Waals surface area contributed by atoms with Gasteiger partial charge in [-0.1, -0.05) is 88.6 Å². The van der Waals surface area contributed by atoms with Gasteiger partial charge in [0.05, 0.1) is 0 Å². The van der Waals surface area contributed by atoms with E-state index in [0.29, 0.717) is 18.1 Å². The summed E-state index contributed by atoms with van der Waals surface area (Å²) in [4.78, 5) is 12.6. The fourth-order valence-corrected chi connectivity index (χ4v) is 3.61. The SMILES string of the molecule is CCCCC(CCCC)CC(C(=O)CC)c1cc(C)cc(C)c1. The third kappa shape index (κ3) is 6.89. The van der Waals surface area contributed by atoms with Crippen LogP contribution in [0.1, 0.15) is 94.7 Å². The first-order valence-electron chi connectivity index (χ1n) is 9.62. The first-order chi connectivity index (χ1) is 11.0. The van der Waals surface area contributed by atoms with Crippen LogP contribution in [0.2, 0.25) is 0 Å². The van der Waals surface area contributed by atoms with E-state index in [9.17, 15) is 4.79 Å². The molecule has 23 heavy (non-hydrogen) atoms. The minimum Gasteiger partial charge on any atom is -0.299 e. The molecular weight excluding hydrogens is 280 g/mol. The van der Waals surface area contributed by atoms with Gasteiger partial charge in [-0.3, -0.25) is 4.79 Å². The van der Waals surface area contributed by atoms with Gasteiger partial charge in [0.15, 0.2) is 0 Å². The second-order valence-corrected chi connectivity index (χ2v) is 7.18. The maximum Gasteiger partial charge on any atom is 0.140 e. The highest BCUT2D eigenvalue weighted by Crippen LogP contribution is 2.32. The number of unbranched alkanes of at least 4 members (excludes halogenated alkanes) is 2. The quantitative estimate of drug-likeness (QED) is 0.441. The van der Waals surface area contributed by atoms with Crippen molar-refractivity contribution in [2.24, 2.45) is 5.92 Å². The van der Waals surface area contributed by atoms with Crippen molar-refractivity contribution in [1.29, 1.82) is 0 Å². The van der Waals surface area contributed by atoms with Gasteiger partial charge in [-0.05, 0) is 31.7 Å². The fraction of sp³-hybridized carbons (Fsp3) is 0.682. The molecule has 0 spiro atoms. The predicted octanol–water partition coefficient (Wildman–Crippen LogP) is 6.75. The van der Waals surface area contributed by atoms with Crippen LogP contribution >= 0.6 is 0 Å². The third-order valence-electron chi connectivity index (χ3n) is 4.88. The van der Waals surface area contributed by atoms with E-state index >= 15 is 0 Å². The lowest BCUT2D eigenvalue weighted by Crippen LogP contribution is -2.17. The number of aryl methyl sites for hydroxylation is 2. The van der Waals surface area contributed by atoms with Crippen molar-refractivity contribution < 1.29 is 4.79 Å². The Morgan fingerprint density at radius 2 is 1.43 bits per heavy atom. The number of carbonyl (C=O) groups is 1. The summed E-state index contributed by atoms with van der Waals surface area (Å²) in [7, 11) is 0. The Balaban J connectivity index is 2.96. The van der Waals surface area contributed by atoms with E-state index in [0.717, 1.165) is 6.42 Å². The Labute approximate surface area is 143 Å². The number of rotatable bonds is 11. The summed E-state index contributed by atoms with van der Waals surface area (Å²) in [6, 6.07) is 6.65. The zero-order valence-corrected chi connectivity index (χ0v) is 16.0. The van der Waals surface area contributed by atoms with Crippen LogP contribution in [0.5, 0.6) is 0 Å². The summed E-state index contributed by atoms with van der Waals surface area (Å²) in [5, 5.41) is 0. The van der Waals surface area contributed by atoms with Crippen LogP contribution in [0, 0.1) is 19.8 Å². The number of hydrogen-bond donors (Lipinski definition) is 0. The molecule has 0 fully saturated rings. The minimum absolute atomic E-state index is 0.0947. The molecule has 0 aliphatic carbocycles. The van der Waals surface area contributed by atoms with Crippen molar-refractivity contribution in [3.63, 3.8) is 0 Å². The Hall–Kier alpha value is -1.11. The molecule has 0 aliphatic heterocycles. The highest BCUT2D eigenvalue weighted by Gasteiger charge is 2.23. The summed E-state index contributed by atoms with van der Waals surface area (Å²) in [6.45, 7) is 10.8. The summed E-state index contributed by atoms with van der Waals surface area (Å²) in [6.07, 6.45) is 9.30. The predicted molar refractivity (Wildman–Crippen MR) is 101 cm³/mol. The standard InChI is InChI=1S/C22H36O/c1-6-9-11-19(12-10-7-2)16-21(22(23)8-3)20-14-17(4)13-18(5)15-20/h13-15,19,21H,6-12,16H2,1-5H3. The lowest BCUT2D eigenvalue weighted by Gasteiger charge is -2.24. The molecule has 1 rings (SSSR count). The molecule has 0 N–H and O–H groups in total. The fourth-order valence-electron chi connectivity index (χ4n) is 3.61. The average molecular weight is 317 g/mol. The molecule has 1 nitrogen and oxygen atoms in total. The number of carbonyl (C=O) groups excluding carboxylic acids is 1. The van der Waals surface area contributed by atoms with Crippen LogP contribution in [0.3, 0.4) is 0 Å². The van der Waals surface area contributed by atoms with E-state index in [4.69, 9.17) is 0 Å². The monoisotopic (exact) mass is 316 g/mol. The molecule has 0 aromatic heterocycles. The summed E-state index contributed by atoms with van der Waals surface area (Å²) < 4.78 is 0. The molecule has 0 saturated heterocycles. The zero-order chi connectivity index (χ0) is 17.2. The van der Waals surface area contributed by atoms with Crippen LogP contribution in [-0.2, 0) is 4.79 Å². The van der Waals surface area contributed by atoms with E-state index in [1.54, 1.807) is 0 Å². The summed E-state index contributed by atoms with van der Waals surface area (Å²) >= 11 is 0. The van der Waals surface area contributed by atoms with Gasteiger partial charge in [0.2, 0.25) is 0 Å². The lowest BCUT2D eigenvalue weighted by atomic mass is 9.80. The Kier molecular flexibility index (Phi) is 9.21. The highest BCUT2D eigenvalue weighted by atomic mass is 16.1. The molecule has 1 unspecified atom stereocenters. The van der Waals surface area contributed by atoms with Crippen LogP contribution in [-0.4, -0.2) is 5.78 Å². The molecular formula is C22H36O. The van der Waals surface area contributed by atoms with Crippen molar-refractivity contribution in [2.45, 2.75) is 91.9 Å². The van der Waals surface area contributed by atoms with Crippen molar-refractivity contribution in [2.75, 3.05) is 0 Å².